The van der Waals surface area contributed by atoms with Crippen LogP contribution in [0.1, 0.15) is 25.1 Å². The first-order valence-corrected chi connectivity index (χ1v) is 9.15. The third kappa shape index (κ3) is 4.81. The molecule has 1 aromatic heterocycles. The van der Waals surface area contributed by atoms with Crippen molar-refractivity contribution in [3.8, 4) is 0 Å². The molecule has 0 aliphatic carbocycles. The molecule has 104 valence electrons. The summed E-state index contributed by atoms with van der Waals surface area (Å²) in [5.74, 6) is 0.453. The first kappa shape index (κ1) is 16.4. The van der Waals surface area contributed by atoms with Crippen LogP contribution in [-0.2, 0) is 10.0 Å². The second-order valence-corrected chi connectivity index (χ2v) is 9.54. The van der Waals surface area contributed by atoms with Gasteiger partial charge in [0.2, 0.25) is 10.0 Å². The van der Waals surface area contributed by atoms with Gasteiger partial charge in [-0.05, 0) is 41.3 Å². The highest BCUT2D eigenvalue weighted by Crippen LogP contribution is 2.29. The maximum absolute atomic E-state index is 12.1. The highest BCUT2D eigenvalue weighted by molar-refractivity contribution is 9.11. The first-order valence-electron chi connectivity index (χ1n) is 5.62. The Labute approximate surface area is 126 Å². The average molecular weight is 375 g/mol. The standard InChI is InChI=1S/C11H17BrClNO2S2/c1-7(2)4-9(13)6-14-18(15,16)10-5-11(12)17-8(10)3/h5,7,9,14H,4,6H2,1-3H3. The molecule has 1 rings (SSSR count). The topological polar surface area (TPSA) is 46.2 Å². The lowest BCUT2D eigenvalue weighted by Crippen LogP contribution is -2.30. The fraction of sp³-hybridized carbons (Fsp3) is 0.636. The zero-order valence-corrected chi connectivity index (χ0v) is 14.5. The van der Waals surface area contributed by atoms with E-state index in [1.54, 1.807) is 13.0 Å². The van der Waals surface area contributed by atoms with Crippen molar-refractivity contribution < 1.29 is 8.42 Å². The molecule has 0 amide bonds. The summed E-state index contributed by atoms with van der Waals surface area (Å²) >= 11 is 10.8. The Balaban J connectivity index is 2.69. The van der Waals surface area contributed by atoms with Crippen LogP contribution in [0.5, 0.6) is 0 Å². The van der Waals surface area contributed by atoms with Gasteiger partial charge in [-0.15, -0.1) is 22.9 Å². The van der Waals surface area contributed by atoms with Crippen LogP contribution in [0.3, 0.4) is 0 Å². The Morgan fingerprint density at radius 1 is 1.50 bits per heavy atom. The van der Waals surface area contributed by atoms with Crippen LogP contribution in [0.2, 0.25) is 0 Å². The summed E-state index contributed by atoms with van der Waals surface area (Å²) in [6, 6.07) is 1.62. The molecule has 1 unspecified atom stereocenters. The predicted molar refractivity (Wildman–Crippen MR) is 81.0 cm³/mol. The highest BCUT2D eigenvalue weighted by atomic mass is 79.9. The SMILES string of the molecule is Cc1sc(Br)cc1S(=O)(=O)NCC(Cl)CC(C)C. The van der Waals surface area contributed by atoms with Crippen molar-refractivity contribution in [2.45, 2.75) is 37.5 Å². The number of halogens is 2. The lowest BCUT2D eigenvalue weighted by atomic mass is 10.1. The van der Waals surface area contributed by atoms with Crippen molar-refractivity contribution in [1.29, 1.82) is 0 Å². The summed E-state index contributed by atoms with van der Waals surface area (Å²) in [4.78, 5) is 1.09. The van der Waals surface area contributed by atoms with Crippen molar-refractivity contribution >= 4 is 48.9 Å². The van der Waals surface area contributed by atoms with Gasteiger partial charge in [-0.1, -0.05) is 13.8 Å². The van der Waals surface area contributed by atoms with Gasteiger partial charge in [0, 0.05) is 16.8 Å². The molecule has 0 saturated carbocycles. The van der Waals surface area contributed by atoms with E-state index in [2.05, 4.69) is 34.5 Å². The van der Waals surface area contributed by atoms with E-state index in [1.165, 1.54) is 11.3 Å². The van der Waals surface area contributed by atoms with Crippen LogP contribution in [-0.4, -0.2) is 20.3 Å². The Bertz CT molecular complexity index is 499. The predicted octanol–water partition coefficient (Wildman–Crippen LogP) is 3.75. The van der Waals surface area contributed by atoms with Gasteiger partial charge in [0.1, 0.15) is 0 Å². The van der Waals surface area contributed by atoms with Gasteiger partial charge in [-0.2, -0.15) is 0 Å². The third-order valence-corrected chi connectivity index (χ3v) is 5.92. The molecule has 7 heteroatoms. The van der Waals surface area contributed by atoms with Crippen LogP contribution in [0.15, 0.2) is 14.7 Å². The molecular formula is C11H17BrClNO2S2. The Morgan fingerprint density at radius 2 is 2.11 bits per heavy atom. The molecule has 0 radical (unpaired) electrons. The second kappa shape index (κ2) is 6.70. The van der Waals surface area contributed by atoms with Gasteiger partial charge in [-0.3, -0.25) is 0 Å². The molecule has 1 N–H and O–H groups in total. The van der Waals surface area contributed by atoms with Gasteiger partial charge in [-0.25, -0.2) is 13.1 Å². The molecule has 0 fully saturated rings. The number of aryl methyl sites for hydroxylation is 1. The van der Waals surface area contributed by atoms with Crippen molar-refractivity contribution in [2.75, 3.05) is 6.54 Å². The molecule has 0 bridgehead atoms. The number of sulfonamides is 1. The van der Waals surface area contributed by atoms with Crippen molar-refractivity contribution in [1.82, 2.24) is 4.72 Å². The third-order valence-electron chi connectivity index (χ3n) is 2.35. The molecule has 1 atom stereocenters. The van der Waals surface area contributed by atoms with Gasteiger partial charge < -0.3 is 0 Å². The molecule has 0 spiro atoms. The Morgan fingerprint density at radius 3 is 2.56 bits per heavy atom. The second-order valence-electron chi connectivity index (χ2n) is 4.55. The molecule has 0 aliphatic rings. The Kier molecular flexibility index (Phi) is 6.12. The fourth-order valence-electron chi connectivity index (χ4n) is 1.57. The molecule has 1 heterocycles. The monoisotopic (exact) mass is 373 g/mol. The minimum Gasteiger partial charge on any atom is -0.210 e. The van der Waals surface area contributed by atoms with Gasteiger partial charge in [0.05, 0.1) is 8.68 Å². The summed E-state index contributed by atoms with van der Waals surface area (Å²) < 4.78 is 27.5. The first-order chi connectivity index (χ1) is 8.22. The van der Waals surface area contributed by atoms with E-state index < -0.39 is 10.0 Å². The minimum absolute atomic E-state index is 0.179. The summed E-state index contributed by atoms with van der Waals surface area (Å²) in [6.07, 6.45) is 0.788. The van der Waals surface area contributed by atoms with Gasteiger partial charge >= 0.3 is 0 Å². The zero-order valence-electron chi connectivity index (χ0n) is 10.5. The summed E-state index contributed by atoms with van der Waals surface area (Å²) in [7, 11) is -3.46. The molecule has 18 heavy (non-hydrogen) atoms. The summed E-state index contributed by atoms with van der Waals surface area (Å²) in [5.41, 5.74) is 0. The molecule has 0 aromatic carbocycles. The lowest BCUT2D eigenvalue weighted by Gasteiger charge is -2.13. The normalized spacial score (nSPS) is 14.1. The van der Waals surface area contributed by atoms with Crippen molar-refractivity contribution in [2.24, 2.45) is 5.92 Å². The largest absolute Gasteiger partial charge is 0.241 e. The van der Waals surface area contributed by atoms with E-state index in [-0.39, 0.29) is 11.9 Å². The number of rotatable bonds is 6. The minimum atomic E-state index is -3.46. The fourth-order valence-corrected chi connectivity index (χ4v) is 5.59. The summed E-state index contributed by atoms with van der Waals surface area (Å²) in [6.45, 7) is 6.17. The quantitative estimate of drug-likeness (QED) is 0.771. The number of nitrogens with one attached hydrogen (secondary N) is 1. The van der Waals surface area contributed by atoms with Gasteiger partial charge in [0.15, 0.2) is 0 Å². The number of hydrogen-bond acceptors (Lipinski definition) is 3. The van der Waals surface area contributed by atoms with E-state index in [0.717, 1.165) is 15.1 Å². The zero-order chi connectivity index (χ0) is 13.9. The van der Waals surface area contributed by atoms with Crippen molar-refractivity contribution in [3.63, 3.8) is 0 Å². The van der Waals surface area contributed by atoms with Crippen LogP contribution in [0.4, 0.5) is 0 Å². The van der Waals surface area contributed by atoms with Crippen LogP contribution in [0.25, 0.3) is 0 Å². The van der Waals surface area contributed by atoms with E-state index in [0.29, 0.717) is 10.8 Å². The molecule has 3 nitrogen and oxygen atoms in total. The molecule has 1 aromatic rings. The molecule has 0 aliphatic heterocycles. The van der Waals surface area contributed by atoms with Crippen LogP contribution in [0, 0.1) is 12.8 Å². The van der Waals surface area contributed by atoms with E-state index >= 15 is 0 Å². The average Bonchev–Trinajstić information content (AvgIpc) is 2.55. The van der Waals surface area contributed by atoms with Crippen molar-refractivity contribution in [3.05, 3.63) is 14.7 Å². The molecule has 0 saturated heterocycles. The van der Waals surface area contributed by atoms with Crippen LogP contribution < -0.4 is 4.72 Å². The maximum atomic E-state index is 12.1. The van der Waals surface area contributed by atoms with E-state index in [4.69, 9.17) is 11.6 Å². The van der Waals surface area contributed by atoms with E-state index in [1.807, 2.05) is 0 Å². The maximum Gasteiger partial charge on any atom is 0.241 e. The Hall–Kier alpha value is 0.380. The highest BCUT2D eigenvalue weighted by Gasteiger charge is 2.20. The smallest absolute Gasteiger partial charge is 0.210 e. The summed E-state index contributed by atoms with van der Waals surface area (Å²) in [5, 5.41) is -0.179. The molecular weight excluding hydrogens is 358 g/mol. The lowest BCUT2D eigenvalue weighted by molar-refractivity contribution is 0.544. The van der Waals surface area contributed by atoms with Gasteiger partial charge in [0.25, 0.3) is 0 Å². The number of hydrogen-bond donors (Lipinski definition) is 1. The van der Waals surface area contributed by atoms with Crippen LogP contribution >= 0.6 is 38.9 Å². The number of alkyl halides is 1. The number of thiophene rings is 1. The van der Waals surface area contributed by atoms with E-state index in [9.17, 15) is 8.42 Å².